The smallest absolute Gasteiger partial charge is 0.308 e. The average Bonchev–Trinajstić information content (AvgIpc) is 3.00. The van der Waals surface area contributed by atoms with Crippen molar-refractivity contribution in [3.8, 4) is 11.4 Å². The fraction of sp³-hybridized carbons (Fsp3) is 0.105. The lowest BCUT2D eigenvalue weighted by Gasteiger charge is -2.03. The highest BCUT2D eigenvalue weighted by atomic mass is 16.5. The number of hydrogen-bond acceptors (Lipinski definition) is 6. The van der Waals surface area contributed by atoms with Crippen LogP contribution < -0.4 is 27.0 Å². The van der Waals surface area contributed by atoms with E-state index >= 15 is 0 Å². The Morgan fingerprint density at radius 3 is 1.67 bits per heavy atom. The standard InChI is InChI=1S/C19H12N2O6/c1-9(22)27-11-5-3-10(4-6-11)21-18(25)14-7-12-13(8-15(14)19(21)26)17(24)20(2)16(12)23/h3-8H,1-2H3. The first-order valence-electron chi connectivity index (χ1n) is 7.97. The van der Waals surface area contributed by atoms with Gasteiger partial charge in [0.2, 0.25) is 0 Å². The largest absolute Gasteiger partial charge is 0.427 e. The summed E-state index contributed by atoms with van der Waals surface area (Å²) in [5.74, 6) is -0.210. The molecule has 4 aromatic rings. The quantitative estimate of drug-likeness (QED) is 0.376. The molecule has 2 heterocycles. The fourth-order valence-corrected chi connectivity index (χ4v) is 3.16. The monoisotopic (exact) mass is 364 g/mol. The molecule has 8 nitrogen and oxygen atoms in total. The predicted octanol–water partition coefficient (Wildman–Crippen LogP) is 0.364. The zero-order valence-corrected chi connectivity index (χ0v) is 14.3. The summed E-state index contributed by atoms with van der Waals surface area (Å²) >= 11 is 0. The highest BCUT2D eigenvalue weighted by Crippen LogP contribution is 2.17. The van der Waals surface area contributed by atoms with E-state index in [9.17, 15) is 24.0 Å². The molecule has 4 rings (SSSR count). The number of nitrogens with zero attached hydrogens (tertiary/aromatic N) is 2. The predicted molar refractivity (Wildman–Crippen MR) is 98.5 cm³/mol. The van der Waals surface area contributed by atoms with Gasteiger partial charge in [0.1, 0.15) is 5.75 Å². The van der Waals surface area contributed by atoms with E-state index in [1.54, 1.807) is 0 Å². The normalized spacial score (nSPS) is 11.3. The average molecular weight is 364 g/mol. The van der Waals surface area contributed by atoms with Crippen LogP contribution in [0.5, 0.6) is 5.75 Å². The van der Waals surface area contributed by atoms with E-state index in [1.165, 1.54) is 50.4 Å². The summed E-state index contributed by atoms with van der Waals surface area (Å²) in [4.78, 5) is 60.7. The molecular formula is C19H12N2O6. The molecule has 0 atom stereocenters. The number of hydrogen-bond donors (Lipinski definition) is 0. The number of carbonyl (C=O) groups excluding carboxylic acids is 1. The Hall–Kier alpha value is -3.81. The van der Waals surface area contributed by atoms with Gasteiger partial charge in [0.15, 0.2) is 0 Å². The Bertz CT molecular complexity index is 1370. The number of rotatable bonds is 2. The van der Waals surface area contributed by atoms with Crippen LogP contribution in [-0.4, -0.2) is 15.1 Å². The molecule has 0 spiro atoms. The molecule has 0 aliphatic rings. The van der Waals surface area contributed by atoms with E-state index < -0.39 is 28.2 Å². The van der Waals surface area contributed by atoms with Crippen molar-refractivity contribution in [1.29, 1.82) is 0 Å². The molecule has 0 aliphatic heterocycles. The number of ether oxygens (including phenoxy) is 1. The van der Waals surface area contributed by atoms with Gasteiger partial charge in [-0.05, 0) is 36.4 Å². The summed E-state index contributed by atoms with van der Waals surface area (Å²) in [6.07, 6.45) is 0. The summed E-state index contributed by atoms with van der Waals surface area (Å²) in [7, 11) is 1.34. The second kappa shape index (κ2) is 5.60. The van der Waals surface area contributed by atoms with Gasteiger partial charge >= 0.3 is 5.97 Å². The summed E-state index contributed by atoms with van der Waals surface area (Å²) < 4.78 is 6.83. The van der Waals surface area contributed by atoms with Crippen LogP contribution in [0.3, 0.4) is 0 Å². The second-order valence-corrected chi connectivity index (χ2v) is 6.15. The Balaban J connectivity index is 1.99. The Morgan fingerprint density at radius 2 is 1.22 bits per heavy atom. The Morgan fingerprint density at radius 1 is 0.778 bits per heavy atom. The maximum Gasteiger partial charge on any atom is 0.308 e. The van der Waals surface area contributed by atoms with Gasteiger partial charge < -0.3 is 4.74 Å². The first kappa shape index (κ1) is 16.6. The third kappa shape index (κ3) is 2.34. The van der Waals surface area contributed by atoms with Gasteiger partial charge in [0.05, 0.1) is 27.2 Å². The molecule has 0 N–H and O–H groups in total. The molecule has 2 aromatic heterocycles. The van der Waals surface area contributed by atoms with Crippen molar-refractivity contribution < 1.29 is 9.53 Å². The van der Waals surface area contributed by atoms with Gasteiger partial charge in [-0.2, -0.15) is 0 Å². The van der Waals surface area contributed by atoms with Crippen LogP contribution in [-0.2, 0) is 11.8 Å². The van der Waals surface area contributed by atoms with Gasteiger partial charge in [-0.25, -0.2) is 4.57 Å². The van der Waals surface area contributed by atoms with Crippen LogP contribution in [0.4, 0.5) is 0 Å². The third-order valence-corrected chi connectivity index (χ3v) is 4.45. The number of carbonyl (C=O) groups is 1. The van der Waals surface area contributed by atoms with Crippen LogP contribution in [0.25, 0.3) is 27.2 Å². The molecule has 134 valence electrons. The maximum absolute atomic E-state index is 12.7. The highest BCUT2D eigenvalue weighted by Gasteiger charge is 2.19. The first-order valence-corrected chi connectivity index (χ1v) is 7.97. The van der Waals surface area contributed by atoms with E-state index in [-0.39, 0.29) is 33.0 Å². The van der Waals surface area contributed by atoms with Crippen LogP contribution in [0.2, 0.25) is 0 Å². The topological polar surface area (TPSA) is 104 Å². The molecule has 0 bridgehead atoms. The molecule has 0 aliphatic carbocycles. The van der Waals surface area contributed by atoms with E-state index in [4.69, 9.17) is 4.74 Å². The molecule has 0 saturated heterocycles. The van der Waals surface area contributed by atoms with E-state index in [0.29, 0.717) is 0 Å². The van der Waals surface area contributed by atoms with E-state index in [2.05, 4.69) is 0 Å². The second-order valence-electron chi connectivity index (χ2n) is 6.15. The zero-order valence-electron chi connectivity index (χ0n) is 14.3. The minimum Gasteiger partial charge on any atom is -0.427 e. The number of aromatic nitrogens is 2. The van der Waals surface area contributed by atoms with Gasteiger partial charge in [-0.3, -0.25) is 28.5 Å². The maximum atomic E-state index is 12.7. The van der Waals surface area contributed by atoms with Crippen LogP contribution >= 0.6 is 0 Å². The van der Waals surface area contributed by atoms with Crippen LogP contribution in [0, 0.1) is 0 Å². The zero-order chi connectivity index (χ0) is 19.5. The van der Waals surface area contributed by atoms with Crippen molar-refractivity contribution in [1.82, 2.24) is 9.13 Å². The molecule has 8 heteroatoms. The van der Waals surface area contributed by atoms with E-state index in [0.717, 1.165) is 9.13 Å². The Labute approximate surface area is 150 Å². The molecule has 2 aromatic carbocycles. The van der Waals surface area contributed by atoms with Gasteiger partial charge in [0, 0.05) is 14.0 Å². The number of esters is 1. The van der Waals surface area contributed by atoms with Gasteiger partial charge in [0.25, 0.3) is 22.2 Å². The van der Waals surface area contributed by atoms with Crippen LogP contribution in [0.15, 0.2) is 55.6 Å². The summed E-state index contributed by atoms with van der Waals surface area (Å²) in [5, 5.41) is 0.349. The van der Waals surface area contributed by atoms with Crippen molar-refractivity contribution in [2.75, 3.05) is 0 Å². The number of benzene rings is 2. The minimum atomic E-state index is -0.590. The molecule has 0 radical (unpaired) electrons. The van der Waals surface area contributed by atoms with Crippen LogP contribution in [0.1, 0.15) is 6.92 Å². The van der Waals surface area contributed by atoms with Gasteiger partial charge in [-0.15, -0.1) is 0 Å². The lowest BCUT2D eigenvalue weighted by Crippen LogP contribution is -2.23. The fourth-order valence-electron chi connectivity index (χ4n) is 3.16. The SMILES string of the molecule is CC(=O)Oc1ccc(-n2c(=O)c3cc4c(=O)n(C)c(=O)c4cc3c2=O)cc1. The number of fused-ring (bicyclic) bond motifs is 2. The Kier molecular flexibility index (Phi) is 3.45. The summed E-state index contributed by atoms with van der Waals surface area (Å²) in [6, 6.07) is 8.45. The van der Waals surface area contributed by atoms with Crippen molar-refractivity contribution in [2.24, 2.45) is 7.05 Å². The summed E-state index contributed by atoms with van der Waals surface area (Å²) in [6.45, 7) is 1.26. The van der Waals surface area contributed by atoms with Gasteiger partial charge in [-0.1, -0.05) is 0 Å². The lowest BCUT2D eigenvalue weighted by molar-refractivity contribution is -0.131. The molecule has 0 fully saturated rings. The lowest BCUT2D eigenvalue weighted by atomic mass is 10.1. The molecule has 0 saturated carbocycles. The summed E-state index contributed by atoms with van der Waals surface area (Å²) in [5.41, 5.74) is -1.92. The molecule has 27 heavy (non-hydrogen) atoms. The third-order valence-electron chi connectivity index (χ3n) is 4.45. The molecule has 0 amide bonds. The van der Waals surface area contributed by atoms with E-state index in [1.807, 2.05) is 0 Å². The van der Waals surface area contributed by atoms with Crippen molar-refractivity contribution >= 4 is 27.5 Å². The first-order chi connectivity index (χ1) is 12.8. The molecule has 0 unspecified atom stereocenters. The van der Waals surface area contributed by atoms with Crippen molar-refractivity contribution in [2.45, 2.75) is 6.92 Å². The molecular weight excluding hydrogens is 352 g/mol. The van der Waals surface area contributed by atoms with Crippen molar-refractivity contribution in [3.05, 3.63) is 77.8 Å². The highest BCUT2D eigenvalue weighted by molar-refractivity contribution is 5.98. The van der Waals surface area contributed by atoms with Crippen molar-refractivity contribution in [3.63, 3.8) is 0 Å². The minimum absolute atomic E-state index is 0.0688.